The second-order valence-corrected chi connectivity index (χ2v) is 5.54. The van der Waals surface area contributed by atoms with Crippen LogP contribution >= 0.6 is 0 Å². The lowest BCUT2D eigenvalue weighted by Gasteiger charge is -2.14. The highest BCUT2D eigenvalue weighted by atomic mass is 16.5. The Labute approximate surface area is 87.8 Å². The SMILES string of the molecule is CC(C)CC(C)C/[N+]([O-])=N/C(C)(C)C. The molecule has 3 heteroatoms. The lowest BCUT2D eigenvalue weighted by atomic mass is 9.99. The quantitative estimate of drug-likeness (QED) is 0.389. The Morgan fingerprint density at radius 2 is 1.71 bits per heavy atom. The minimum absolute atomic E-state index is 0.265. The Kier molecular flexibility index (Phi) is 5.09. The normalized spacial score (nSPS) is 16.1. The molecule has 0 fully saturated rings. The molecular formula is C11H24N2O. The van der Waals surface area contributed by atoms with Crippen molar-refractivity contribution in [1.82, 2.24) is 0 Å². The van der Waals surface area contributed by atoms with Gasteiger partial charge in [0.1, 0.15) is 5.54 Å². The molecule has 0 aromatic rings. The van der Waals surface area contributed by atoms with Crippen molar-refractivity contribution >= 4 is 0 Å². The van der Waals surface area contributed by atoms with Crippen LogP contribution in [-0.2, 0) is 0 Å². The molecule has 0 saturated carbocycles. The molecular weight excluding hydrogens is 176 g/mol. The van der Waals surface area contributed by atoms with Gasteiger partial charge in [-0.15, -0.1) is 0 Å². The molecule has 0 saturated heterocycles. The van der Waals surface area contributed by atoms with Crippen LogP contribution in [0.2, 0.25) is 0 Å². The summed E-state index contributed by atoms with van der Waals surface area (Å²) in [6, 6.07) is 0. The summed E-state index contributed by atoms with van der Waals surface area (Å²) in [7, 11) is 0. The van der Waals surface area contributed by atoms with Crippen LogP contribution in [0.15, 0.2) is 5.11 Å². The molecule has 1 unspecified atom stereocenters. The van der Waals surface area contributed by atoms with E-state index < -0.39 is 0 Å². The Morgan fingerprint density at radius 1 is 1.21 bits per heavy atom. The number of hydrogen-bond donors (Lipinski definition) is 0. The molecule has 3 nitrogen and oxygen atoms in total. The summed E-state index contributed by atoms with van der Waals surface area (Å²) in [6.07, 6.45) is 1.08. The molecule has 0 aliphatic heterocycles. The van der Waals surface area contributed by atoms with Gasteiger partial charge in [-0.05, 0) is 38.2 Å². The first-order valence-corrected chi connectivity index (χ1v) is 5.38. The Balaban J connectivity index is 4.05. The number of hydroxylamine groups is 1. The van der Waals surface area contributed by atoms with Crippen LogP contribution in [0.1, 0.15) is 48.0 Å². The number of hydrogen-bond acceptors (Lipinski definition) is 2. The third kappa shape index (κ3) is 8.02. The third-order valence-corrected chi connectivity index (χ3v) is 1.75. The highest BCUT2D eigenvalue weighted by molar-refractivity contribution is 4.64. The minimum atomic E-state index is -0.265. The molecule has 0 bridgehead atoms. The fraction of sp³-hybridized carbons (Fsp3) is 1.00. The Hall–Kier alpha value is -0.600. The van der Waals surface area contributed by atoms with E-state index in [1.807, 2.05) is 20.8 Å². The van der Waals surface area contributed by atoms with Gasteiger partial charge in [0.05, 0.1) is 0 Å². The van der Waals surface area contributed by atoms with Gasteiger partial charge in [-0.1, -0.05) is 25.6 Å². The Morgan fingerprint density at radius 3 is 2.07 bits per heavy atom. The second-order valence-electron chi connectivity index (χ2n) is 5.54. The van der Waals surface area contributed by atoms with Gasteiger partial charge in [0.15, 0.2) is 6.54 Å². The molecule has 0 rings (SSSR count). The minimum Gasteiger partial charge on any atom is -0.600 e. The van der Waals surface area contributed by atoms with Crippen molar-refractivity contribution in [1.29, 1.82) is 0 Å². The van der Waals surface area contributed by atoms with Gasteiger partial charge in [0.2, 0.25) is 0 Å². The molecule has 14 heavy (non-hydrogen) atoms. The molecule has 0 radical (unpaired) electrons. The molecule has 0 aliphatic carbocycles. The van der Waals surface area contributed by atoms with Crippen molar-refractivity contribution in [2.75, 3.05) is 6.54 Å². The predicted molar refractivity (Wildman–Crippen MR) is 59.3 cm³/mol. The van der Waals surface area contributed by atoms with Crippen molar-refractivity contribution < 1.29 is 4.86 Å². The summed E-state index contributed by atoms with van der Waals surface area (Å²) in [6.45, 7) is 12.8. The number of rotatable bonds is 4. The number of azo groups is 1. The molecule has 0 aromatic carbocycles. The second kappa shape index (κ2) is 5.32. The van der Waals surface area contributed by atoms with E-state index in [0.29, 0.717) is 18.4 Å². The Bertz CT molecular complexity index is 192. The predicted octanol–water partition coefficient (Wildman–Crippen LogP) is 3.43. The van der Waals surface area contributed by atoms with Gasteiger partial charge < -0.3 is 5.21 Å². The first-order valence-electron chi connectivity index (χ1n) is 5.38. The summed E-state index contributed by atoms with van der Waals surface area (Å²) >= 11 is 0. The lowest BCUT2D eigenvalue weighted by molar-refractivity contribution is -0.542. The topological polar surface area (TPSA) is 38.4 Å². The monoisotopic (exact) mass is 200 g/mol. The largest absolute Gasteiger partial charge is 0.600 e. The van der Waals surface area contributed by atoms with Gasteiger partial charge in [0.25, 0.3) is 0 Å². The maximum Gasteiger partial charge on any atom is 0.183 e. The number of nitrogens with zero attached hydrogens (tertiary/aromatic N) is 2. The summed E-state index contributed by atoms with van der Waals surface area (Å²) in [5, 5.41) is 15.4. The van der Waals surface area contributed by atoms with Crippen LogP contribution in [0.5, 0.6) is 0 Å². The summed E-state index contributed by atoms with van der Waals surface area (Å²) < 4.78 is 0. The lowest BCUT2D eigenvalue weighted by Crippen LogP contribution is -2.20. The summed E-state index contributed by atoms with van der Waals surface area (Å²) in [5.74, 6) is 1.06. The van der Waals surface area contributed by atoms with Gasteiger partial charge >= 0.3 is 0 Å². The first kappa shape index (κ1) is 13.4. The first-order chi connectivity index (χ1) is 6.20. The highest BCUT2D eigenvalue weighted by Crippen LogP contribution is 2.12. The van der Waals surface area contributed by atoms with Gasteiger partial charge in [-0.25, -0.2) is 0 Å². The van der Waals surface area contributed by atoms with Crippen LogP contribution in [0.4, 0.5) is 0 Å². The van der Waals surface area contributed by atoms with Gasteiger partial charge in [0, 0.05) is 5.92 Å². The average molecular weight is 200 g/mol. The average Bonchev–Trinajstić information content (AvgIpc) is 1.77. The van der Waals surface area contributed by atoms with Crippen molar-refractivity contribution in [2.45, 2.75) is 53.5 Å². The molecule has 0 aliphatic rings. The fourth-order valence-electron chi connectivity index (χ4n) is 1.52. The van der Waals surface area contributed by atoms with Crippen molar-refractivity contribution in [3.63, 3.8) is 0 Å². The zero-order valence-corrected chi connectivity index (χ0v) is 10.4. The summed E-state index contributed by atoms with van der Waals surface area (Å²) in [5.41, 5.74) is -0.265. The van der Waals surface area contributed by atoms with E-state index in [9.17, 15) is 5.21 Å². The van der Waals surface area contributed by atoms with Crippen LogP contribution in [0.3, 0.4) is 0 Å². The van der Waals surface area contributed by atoms with E-state index in [0.717, 1.165) is 11.3 Å². The van der Waals surface area contributed by atoms with Crippen molar-refractivity contribution in [2.24, 2.45) is 17.0 Å². The van der Waals surface area contributed by atoms with E-state index in [4.69, 9.17) is 0 Å². The van der Waals surface area contributed by atoms with Crippen molar-refractivity contribution in [3.05, 3.63) is 5.21 Å². The molecule has 84 valence electrons. The highest BCUT2D eigenvalue weighted by Gasteiger charge is 2.15. The maximum atomic E-state index is 11.4. The zero-order chi connectivity index (χ0) is 11.4. The third-order valence-electron chi connectivity index (χ3n) is 1.75. The fourth-order valence-corrected chi connectivity index (χ4v) is 1.52. The standard InChI is InChI=1S/C11H24N2O/c1-9(2)7-10(3)8-13(14)12-11(4,5)6/h9-10H,7-8H2,1-6H3/b13-12-. The van der Waals surface area contributed by atoms with Crippen LogP contribution in [0, 0.1) is 17.0 Å². The zero-order valence-electron chi connectivity index (χ0n) is 10.4. The van der Waals surface area contributed by atoms with Gasteiger partial charge in [-0.2, -0.15) is 0 Å². The van der Waals surface area contributed by atoms with Crippen LogP contribution in [0.25, 0.3) is 0 Å². The van der Waals surface area contributed by atoms with Gasteiger partial charge in [-0.3, -0.25) is 0 Å². The van der Waals surface area contributed by atoms with E-state index >= 15 is 0 Å². The van der Waals surface area contributed by atoms with Crippen molar-refractivity contribution in [3.8, 4) is 0 Å². The molecule has 0 aromatic heterocycles. The molecule has 0 amide bonds. The van der Waals surface area contributed by atoms with Crippen LogP contribution in [-0.4, -0.2) is 16.9 Å². The maximum absolute atomic E-state index is 11.4. The van der Waals surface area contributed by atoms with E-state index in [2.05, 4.69) is 25.9 Å². The van der Waals surface area contributed by atoms with E-state index in [1.165, 1.54) is 0 Å². The summed E-state index contributed by atoms with van der Waals surface area (Å²) in [4.78, 5) is 0.840. The smallest absolute Gasteiger partial charge is 0.183 e. The molecule has 0 spiro atoms. The van der Waals surface area contributed by atoms with E-state index in [1.54, 1.807) is 0 Å². The molecule has 0 heterocycles. The molecule has 0 N–H and O–H groups in total. The molecule has 1 atom stereocenters. The van der Waals surface area contributed by atoms with Crippen LogP contribution < -0.4 is 0 Å². The van der Waals surface area contributed by atoms with E-state index in [-0.39, 0.29) is 5.54 Å².